The zero-order valence-electron chi connectivity index (χ0n) is 14.6. The molecule has 1 fully saturated rings. The first-order chi connectivity index (χ1) is 12.8. The van der Waals surface area contributed by atoms with Crippen LogP contribution in [0.25, 0.3) is 11.4 Å². The van der Waals surface area contributed by atoms with E-state index < -0.39 is 0 Å². The van der Waals surface area contributed by atoms with Crippen molar-refractivity contribution < 1.29 is 14.0 Å². The summed E-state index contributed by atoms with van der Waals surface area (Å²) in [4.78, 5) is 4.60. The molecule has 3 aromatic rings. The zero-order valence-corrected chi connectivity index (χ0v) is 14.6. The molecule has 0 N–H and O–H groups in total. The Labute approximate surface area is 152 Å². The average Bonchev–Trinajstić information content (AvgIpc) is 3.35. The van der Waals surface area contributed by atoms with E-state index >= 15 is 0 Å². The second-order valence-corrected chi connectivity index (χ2v) is 6.28. The first-order valence-electron chi connectivity index (χ1n) is 8.61. The van der Waals surface area contributed by atoms with E-state index in [1.54, 1.807) is 13.2 Å². The second kappa shape index (κ2) is 7.04. The predicted octanol–water partition coefficient (Wildman–Crippen LogP) is 4.58. The van der Waals surface area contributed by atoms with Crippen molar-refractivity contribution in [1.29, 1.82) is 0 Å². The van der Waals surface area contributed by atoms with Gasteiger partial charge in [0.15, 0.2) is 11.5 Å². The van der Waals surface area contributed by atoms with Crippen LogP contribution in [0.2, 0.25) is 0 Å². The van der Waals surface area contributed by atoms with E-state index in [-0.39, 0.29) is 0 Å². The number of hydrogen-bond donors (Lipinski definition) is 0. The van der Waals surface area contributed by atoms with Gasteiger partial charge in [-0.05, 0) is 36.1 Å². The summed E-state index contributed by atoms with van der Waals surface area (Å²) in [6.07, 6.45) is 2.74. The van der Waals surface area contributed by atoms with E-state index in [0.717, 1.165) is 12.0 Å². The molecule has 1 aromatic heterocycles. The number of hydrogen-bond acceptors (Lipinski definition) is 5. The fourth-order valence-corrected chi connectivity index (χ4v) is 3.11. The minimum Gasteiger partial charge on any atom is -0.493 e. The first kappa shape index (κ1) is 16.4. The Morgan fingerprint density at radius 2 is 2.00 bits per heavy atom. The van der Waals surface area contributed by atoms with Crippen LogP contribution in [0.15, 0.2) is 65.7 Å². The third-order valence-corrected chi connectivity index (χ3v) is 4.56. The molecule has 4 rings (SSSR count). The van der Waals surface area contributed by atoms with Crippen LogP contribution in [-0.2, 0) is 0 Å². The van der Waals surface area contributed by atoms with E-state index in [9.17, 15) is 0 Å². The Hall–Kier alpha value is -3.08. The van der Waals surface area contributed by atoms with Crippen LogP contribution in [0.3, 0.4) is 0 Å². The second-order valence-electron chi connectivity index (χ2n) is 6.28. The average molecular weight is 348 g/mol. The van der Waals surface area contributed by atoms with Crippen molar-refractivity contribution in [1.82, 2.24) is 10.1 Å². The third-order valence-electron chi connectivity index (χ3n) is 4.56. The van der Waals surface area contributed by atoms with E-state index in [4.69, 9.17) is 14.0 Å². The smallest absolute Gasteiger partial charge is 0.230 e. The highest BCUT2D eigenvalue weighted by atomic mass is 16.5. The molecule has 1 heterocycles. The summed E-state index contributed by atoms with van der Waals surface area (Å²) in [6, 6.07) is 16.0. The maximum absolute atomic E-state index is 5.58. The number of nitrogens with zero attached hydrogens (tertiary/aromatic N) is 2. The first-order valence-corrected chi connectivity index (χ1v) is 8.61. The molecule has 5 nitrogen and oxygen atoms in total. The molecule has 1 unspecified atom stereocenters. The number of benzene rings is 2. The van der Waals surface area contributed by atoms with Crippen molar-refractivity contribution in [3.8, 4) is 22.9 Å². The largest absolute Gasteiger partial charge is 0.493 e. The monoisotopic (exact) mass is 348 g/mol. The van der Waals surface area contributed by atoms with Crippen molar-refractivity contribution in [2.75, 3.05) is 13.7 Å². The lowest BCUT2D eigenvalue weighted by Crippen LogP contribution is -1.96. The van der Waals surface area contributed by atoms with E-state index in [0.29, 0.717) is 41.7 Å². The van der Waals surface area contributed by atoms with Gasteiger partial charge in [-0.3, -0.25) is 0 Å². The van der Waals surface area contributed by atoms with Gasteiger partial charge in [0.1, 0.15) is 6.61 Å². The van der Waals surface area contributed by atoms with Crippen LogP contribution in [0, 0.1) is 0 Å². The molecule has 26 heavy (non-hydrogen) atoms. The molecule has 0 spiro atoms. The fraction of sp³-hybridized carbons (Fsp3) is 0.238. The highest BCUT2D eigenvalue weighted by molar-refractivity contribution is 5.60. The van der Waals surface area contributed by atoms with E-state index in [1.165, 1.54) is 5.56 Å². The molecule has 132 valence electrons. The minimum atomic E-state index is 0.302. The summed E-state index contributed by atoms with van der Waals surface area (Å²) in [7, 11) is 1.61. The number of methoxy groups -OCH3 is 1. The maximum Gasteiger partial charge on any atom is 0.230 e. The lowest BCUT2D eigenvalue weighted by atomic mass is 10.1. The third kappa shape index (κ3) is 3.20. The lowest BCUT2D eigenvalue weighted by molar-refractivity contribution is 0.326. The molecule has 0 radical (unpaired) electrons. The van der Waals surface area contributed by atoms with Crippen LogP contribution >= 0.6 is 0 Å². The van der Waals surface area contributed by atoms with E-state index in [2.05, 4.69) is 41.0 Å². The predicted molar refractivity (Wildman–Crippen MR) is 98.5 cm³/mol. The maximum atomic E-state index is 5.58. The van der Waals surface area contributed by atoms with Crippen molar-refractivity contribution in [2.45, 2.75) is 18.3 Å². The van der Waals surface area contributed by atoms with Gasteiger partial charge >= 0.3 is 0 Å². The quantitative estimate of drug-likeness (QED) is 0.585. The fourth-order valence-electron chi connectivity index (χ4n) is 3.11. The Morgan fingerprint density at radius 1 is 1.15 bits per heavy atom. The van der Waals surface area contributed by atoms with E-state index in [1.807, 2.05) is 24.3 Å². The molecule has 0 bridgehead atoms. The molecule has 2 aromatic carbocycles. The van der Waals surface area contributed by atoms with Crippen molar-refractivity contribution in [3.05, 3.63) is 72.6 Å². The summed E-state index contributed by atoms with van der Waals surface area (Å²) in [5.74, 6) is 3.31. The van der Waals surface area contributed by atoms with Gasteiger partial charge in [0, 0.05) is 11.5 Å². The highest BCUT2D eigenvalue weighted by Crippen LogP contribution is 2.54. The van der Waals surface area contributed by atoms with Crippen LogP contribution in [0.1, 0.15) is 29.7 Å². The van der Waals surface area contributed by atoms with Crippen LogP contribution in [0.4, 0.5) is 0 Å². The van der Waals surface area contributed by atoms with Gasteiger partial charge in [-0.25, -0.2) is 0 Å². The lowest BCUT2D eigenvalue weighted by Gasteiger charge is -2.09. The SMILES string of the molecule is C=CCOc1ccc(-c2noc(C3C[C@H]3c3ccccc3)n2)cc1OC. The molecule has 2 atom stereocenters. The van der Waals surface area contributed by atoms with Crippen molar-refractivity contribution in [2.24, 2.45) is 0 Å². The molecule has 1 saturated carbocycles. The normalized spacial score (nSPS) is 18.3. The summed E-state index contributed by atoms with van der Waals surface area (Å²) < 4.78 is 16.5. The Kier molecular flexibility index (Phi) is 4.44. The van der Waals surface area contributed by atoms with Gasteiger partial charge < -0.3 is 14.0 Å². The molecule has 1 aliphatic rings. The molecule has 5 heteroatoms. The van der Waals surface area contributed by atoms with Crippen LogP contribution < -0.4 is 9.47 Å². The molecular weight excluding hydrogens is 328 g/mol. The minimum absolute atomic E-state index is 0.302. The number of aromatic nitrogens is 2. The van der Waals surface area contributed by atoms with Gasteiger partial charge in [-0.15, -0.1) is 0 Å². The highest BCUT2D eigenvalue weighted by Gasteiger charge is 2.43. The van der Waals surface area contributed by atoms with Gasteiger partial charge in [-0.2, -0.15) is 4.98 Å². The summed E-state index contributed by atoms with van der Waals surface area (Å²) in [6.45, 7) is 4.07. The van der Waals surface area contributed by atoms with Gasteiger partial charge in [-0.1, -0.05) is 48.1 Å². The number of rotatable bonds is 7. The molecule has 0 amide bonds. The molecule has 0 aliphatic heterocycles. The van der Waals surface area contributed by atoms with Crippen LogP contribution in [0.5, 0.6) is 11.5 Å². The van der Waals surface area contributed by atoms with Gasteiger partial charge in [0.2, 0.25) is 11.7 Å². The van der Waals surface area contributed by atoms with Crippen LogP contribution in [-0.4, -0.2) is 23.9 Å². The summed E-state index contributed by atoms with van der Waals surface area (Å²) in [5, 5.41) is 4.14. The molecule has 0 saturated heterocycles. The Morgan fingerprint density at radius 3 is 2.77 bits per heavy atom. The van der Waals surface area contributed by atoms with Crippen molar-refractivity contribution in [3.63, 3.8) is 0 Å². The van der Waals surface area contributed by atoms with Crippen molar-refractivity contribution >= 4 is 0 Å². The van der Waals surface area contributed by atoms with Gasteiger partial charge in [0.25, 0.3) is 0 Å². The standard InChI is InChI=1S/C21H20N2O3/c1-3-11-25-18-10-9-15(12-19(18)24-2)20-22-21(26-23-20)17-13-16(17)14-7-5-4-6-8-14/h3-10,12,16-17H,1,11,13H2,2H3/t16-,17?/m0/s1. The summed E-state index contributed by atoms with van der Waals surface area (Å²) in [5.41, 5.74) is 2.15. The summed E-state index contributed by atoms with van der Waals surface area (Å²) >= 11 is 0. The topological polar surface area (TPSA) is 57.4 Å². The molecule has 1 aliphatic carbocycles. The van der Waals surface area contributed by atoms with Gasteiger partial charge in [0.05, 0.1) is 7.11 Å². The Bertz CT molecular complexity index is 905. The number of ether oxygens (including phenoxy) is 2. The Balaban J connectivity index is 1.52. The molecular formula is C21H20N2O3. The zero-order chi connectivity index (χ0) is 17.9.